The fraction of sp³-hybridized carbons (Fsp3) is 0.160. The fourth-order valence-electron chi connectivity index (χ4n) is 2.87. The van der Waals surface area contributed by atoms with Crippen molar-refractivity contribution in [2.24, 2.45) is 0 Å². The lowest BCUT2D eigenvalue weighted by atomic mass is 10.0. The first-order chi connectivity index (χ1) is 14.3. The zero-order valence-electron chi connectivity index (χ0n) is 17.0. The number of hydrogen-bond donors (Lipinski definition) is 0. The molecule has 0 unspecified atom stereocenters. The third kappa shape index (κ3) is 5.11. The van der Waals surface area contributed by atoms with Crippen LogP contribution in [0.2, 0.25) is 0 Å². The Kier molecular flexibility index (Phi) is 6.99. The van der Waals surface area contributed by atoms with Gasteiger partial charge in [0.25, 0.3) is 0 Å². The first kappa shape index (κ1) is 22.1. The third-order valence-corrected chi connectivity index (χ3v) is 6.84. The van der Waals surface area contributed by atoms with Gasteiger partial charge in [-0.05, 0) is 77.4 Å². The van der Waals surface area contributed by atoms with Gasteiger partial charge in [-0.1, -0.05) is 44.7 Å². The number of halogens is 4. The second-order valence-electron chi connectivity index (χ2n) is 6.85. The SMILES string of the molecule is COc1cc(C)c(C#Cc2ccc(-c3ccc(F)c(F)c3)cc2F)c(I=C(C)C)c1. The Morgan fingerprint density at radius 3 is 2.10 bits per heavy atom. The number of hydrogen-bond acceptors (Lipinski definition) is 1. The van der Waals surface area contributed by atoms with Gasteiger partial charge in [-0.15, -0.1) is 0 Å². The van der Waals surface area contributed by atoms with Crippen molar-refractivity contribution in [1.29, 1.82) is 0 Å². The first-order valence-electron chi connectivity index (χ1n) is 9.19. The number of benzene rings is 3. The van der Waals surface area contributed by atoms with Gasteiger partial charge in [0.05, 0.1) is 12.7 Å². The normalized spacial score (nSPS) is 10.4. The lowest BCUT2D eigenvalue weighted by Gasteiger charge is -2.08. The van der Waals surface area contributed by atoms with E-state index in [-0.39, 0.29) is 26.3 Å². The van der Waals surface area contributed by atoms with Crippen LogP contribution in [-0.2, 0) is 0 Å². The number of aryl methyl sites for hydroxylation is 1. The van der Waals surface area contributed by atoms with E-state index >= 15 is 0 Å². The summed E-state index contributed by atoms with van der Waals surface area (Å²) in [7, 11) is 1.63. The molecule has 0 bridgehead atoms. The maximum atomic E-state index is 14.7. The van der Waals surface area contributed by atoms with Crippen LogP contribution in [0, 0.1) is 39.8 Å². The van der Waals surface area contributed by atoms with E-state index in [1.165, 1.54) is 15.6 Å². The minimum Gasteiger partial charge on any atom is -0.497 e. The van der Waals surface area contributed by atoms with E-state index in [4.69, 9.17) is 4.74 Å². The second kappa shape index (κ2) is 9.48. The van der Waals surface area contributed by atoms with Gasteiger partial charge in [-0.2, -0.15) is 0 Å². The van der Waals surface area contributed by atoms with Gasteiger partial charge in [0.2, 0.25) is 0 Å². The predicted octanol–water partition coefficient (Wildman–Crippen LogP) is 6.84. The molecule has 0 amide bonds. The molecule has 0 aromatic heterocycles. The molecule has 1 nitrogen and oxygen atoms in total. The highest BCUT2D eigenvalue weighted by molar-refractivity contribution is 14.2. The van der Waals surface area contributed by atoms with Crippen molar-refractivity contribution >= 4 is 24.2 Å². The summed E-state index contributed by atoms with van der Waals surface area (Å²) in [5.41, 5.74) is 2.99. The molecular formula is C25H20F3IO. The van der Waals surface area contributed by atoms with Crippen LogP contribution in [-0.4, -0.2) is 10.6 Å². The molecule has 0 spiro atoms. The molecule has 0 aliphatic heterocycles. The van der Waals surface area contributed by atoms with Gasteiger partial charge >= 0.3 is 0 Å². The van der Waals surface area contributed by atoms with Gasteiger partial charge in [-0.3, -0.25) is 0 Å². The van der Waals surface area contributed by atoms with Crippen LogP contribution in [0.15, 0.2) is 48.5 Å². The summed E-state index contributed by atoms with van der Waals surface area (Å²) in [5.74, 6) is 4.44. The Bertz CT molecular complexity index is 1200. The molecule has 3 aromatic carbocycles. The molecule has 3 aromatic rings. The highest BCUT2D eigenvalue weighted by atomic mass is 127. The Balaban J connectivity index is 2.01. The van der Waals surface area contributed by atoms with E-state index in [9.17, 15) is 13.2 Å². The number of methoxy groups -OCH3 is 1. The topological polar surface area (TPSA) is 9.23 Å². The zero-order chi connectivity index (χ0) is 21.8. The number of ether oxygens (including phenoxy) is 1. The first-order valence-corrected chi connectivity index (χ1v) is 11.3. The monoisotopic (exact) mass is 520 g/mol. The van der Waals surface area contributed by atoms with Crippen molar-refractivity contribution in [3.05, 3.63) is 86.2 Å². The third-order valence-electron chi connectivity index (χ3n) is 4.33. The molecule has 154 valence electrons. The molecule has 5 heteroatoms. The predicted molar refractivity (Wildman–Crippen MR) is 125 cm³/mol. The van der Waals surface area contributed by atoms with Gasteiger partial charge in [0.15, 0.2) is 11.6 Å². The minimum absolute atomic E-state index is 0.248. The van der Waals surface area contributed by atoms with E-state index in [0.717, 1.165) is 32.6 Å². The van der Waals surface area contributed by atoms with Crippen molar-refractivity contribution in [3.8, 4) is 28.7 Å². The molecular weight excluding hydrogens is 500 g/mol. The molecule has 0 saturated heterocycles. The smallest absolute Gasteiger partial charge is 0.159 e. The standard InChI is InChI=1S/C25H20F3IO/c1-15(2)29-25-14-20(30-4)11-16(3)21(25)9-7-17-5-6-18(12-23(17)27)19-8-10-22(26)24(28)13-19/h5-6,8,10-14H,1-4H3. The zero-order valence-corrected chi connectivity index (χ0v) is 19.2. The Morgan fingerprint density at radius 2 is 1.50 bits per heavy atom. The van der Waals surface area contributed by atoms with Crippen LogP contribution < -0.4 is 4.74 Å². The van der Waals surface area contributed by atoms with E-state index in [0.29, 0.717) is 11.1 Å². The van der Waals surface area contributed by atoms with Crippen LogP contribution in [0.3, 0.4) is 0 Å². The van der Waals surface area contributed by atoms with Gasteiger partial charge in [0.1, 0.15) is 11.6 Å². The Hall–Kier alpha value is -2.59. The molecule has 30 heavy (non-hydrogen) atoms. The largest absolute Gasteiger partial charge is 0.497 e. The summed E-state index contributed by atoms with van der Waals surface area (Å²) in [6, 6.07) is 11.9. The van der Waals surface area contributed by atoms with Crippen molar-refractivity contribution in [3.63, 3.8) is 0 Å². The maximum Gasteiger partial charge on any atom is 0.159 e. The van der Waals surface area contributed by atoms with E-state index in [1.807, 2.05) is 19.1 Å². The molecule has 0 atom stereocenters. The van der Waals surface area contributed by atoms with Crippen LogP contribution in [0.4, 0.5) is 13.2 Å². The lowest BCUT2D eigenvalue weighted by Crippen LogP contribution is -1.93. The van der Waals surface area contributed by atoms with Crippen molar-refractivity contribution in [2.75, 3.05) is 7.11 Å². The van der Waals surface area contributed by atoms with E-state index in [1.54, 1.807) is 19.2 Å². The summed E-state index contributed by atoms with van der Waals surface area (Å²) in [4.78, 5) is 0. The molecule has 0 heterocycles. The lowest BCUT2D eigenvalue weighted by molar-refractivity contribution is 0.414. The summed E-state index contributed by atoms with van der Waals surface area (Å²) < 4.78 is 49.1. The van der Waals surface area contributed by atoms with Crippen molar-refractivity contribution < 1.29 is 17.9 Å². The quantitative estimate of drug-likeness (QED) is 0.272. The fourth-order valence-corrected chi connectivity index (χ4v) is 5.32. The number of rotatable bonds is 3. The molecule has 0 N–H and O–H groups in total. The average molecular weight is 520 g/mol. The molecule has 3 rings (SSSR count). The second-order valence-corrected chi connectivity index (χ2v) is 10.7. The highest BCUT2D eigenvalue weighted by Crippen LogP contribution is 2.27. The minimum atomic E-state index is -0.967. The van der Waals surface area contributed by atoms with Crippen molar-refractivity contribution in [1.82, 2.24) is 0 Å². The molecule has 0 aliphatic carbocycles. The van der Waals surface area contributed by atoms with Crippen molar-refractivity contribution in [2.45, 2.75) is 20.8 Å². The average Bonchev–Trinajstić information content (AvgIpc) is 2.69. The maximum absolute atomic E-state index is 14.7. The van der Waals surface area contributed by atoms with Crippen LogP contribution in [0.1, 0.15) is 30.5 Å². The van der Waals surface area contributed by atoms with Gasteiger partial charge in [-0.25, -0.2) is 13.2 Å². The molecule has 0 saturated carbocycles. The summed E-state index contributed by atoms with van der Waals surface area (Å²) in [6.07, 6.45) is 0. The van der Waals surface area contributed by atoms with E-state index in [2.05, 4.69) is 25.7 Å². The highest BCUT2D eigenvalue weighted by Gasteiger charge is 2.09. The summed E-state index contributed by atoms with van der Waals surface area (Å²) in [6.45, 7) is 6.15. The summed E-state index contributed by atoms with van der Waals surface area (Å²) in [5, 5.41) is 0. The van der Waals surface area contributed by atoms with Crippen LogP contribution in [0.5, 0.6) is 5.75 Å². The van der Waals surface area contributed by atoms with Crippen LogP contribution >= 0.6 is 20.7 Å². The Morgan fingerprint density at radius 1 is 0.833 bits per heavy atom. The van der Waals surface area contributed by atoms with Gasteiger partial charge < -0.3 is 4.74 Å². The Labute approximate surface area is 184 Å². The molecule has 0 aliphatic rings. The van der Waals surface area contributed by atoms with Gasteiger partial charge in [0, 0.05) is 9.13 Å². The van der Waals surface area contributed by atoms with E-state index < -0.39 is 17.5 Å². The molecule has 0 radical (unpaired) electrons. The van der Waals surface area contributed by atoms with Crippen LogP contribution in [0.25, 0.3) is 11.1 Å². The molecule has 0 fully saturated rings. The summed E-state index contributed by atoms with van der Waals surface area (Å²) >= 11 is -0.353.